The van der Waals surface area contributed by atoms with E-state index in [0.29, 0.717) is 0 Å². The van der Waals surface area contributed by atoms with Gasteiger partial charge in [0.1, 0.15) is 0 Å². The standard InChI is InChI=1S/C26H14.2Y/c1-3-9-21-17-23(15-13-19(21)7-1)25-11-5-6-12-26(25)24-16-14-20-8-2-4-10-22(20)18-24;;/h1-10,13-16H;;/q-4;;. The molecule has 0 amide bonds. The van der Waals surface area contributed by atoms with Crippen molar-refractivity contribution in [3.8, 4) is 22.3 Å². The summed E-state index contributed by atoms with van der Waals surface area (Å²) in [5.74, 6) is 0. The van der Waals surface area contributed by atoms with E-state index in [1.54, 1.807) is 0 Å². The molecule has 0 aromatic heterocycles. The van der Waals surface area contributed by atoms with E-state index >= 15 is 0 Å². The zero-order valence-electron chi connectivity index (χ0n) is 15.2. The minimum Gasteiger partial charge on any atom is -0.234 e. The first kappa shape index (κ1) is 21.5. The van der Waals surface area contributed by atoms with Gasteiger partial charge in [-0.25, -0.2) is 35.4 Å². The van der Waals surface area contributed by atoms with Crippen LogP contribution < -0.4 is 0 Å². The molecular weight excluding hydrogens is 490 g/mol. The molecular formula is C26H14Y2-4. The largest absolute Gasteiger partial charge is 0.234 e. The zero-order valence-corrected chi connectivity index (χ0v) is 20.9. The van der Waals surface area contributed by atoms with Gasteiger partial charge < -0.3 is 0 Å². The first-order valence-electron chi connectivity index (χ1n) is 8.64. The average Bonchev–Trinajstić information content (AvgIpc) is 2.73. The van der Waals surface area contributed by atoms with E-state index in [-0.39, 0.29) is 65.4 Å². The van der Waals surface area contributed by atoms with Gasteiger partial charge in [-0.3, -0.25) is 0 Å². The van der Waals surface area contributed by atoms with Crippen LogP contribution in [0.3, 0.4) is 0 Å². The van der Waals surface area contributed by atoms with Crippen LogP contribution in [-0.4, -0.2) is 0 Å². The van der Waals surface area contributed by atoms with Crippen molar-refractivity contribution in [3.05, 3.63) is 109 Å². The third-order valence-corrected chi connectivity index (χ3v) is 4.65. The maximum Gasteiger partial charge on any atom is 0 e. The van der Waals surface area contributed by atoms with Gasteiger partial charge in [0.15, 0.2) is 0 Å². The van der Waals surface area contributed by atoms with E-state index in [9.17, 15) is 0 Å². The van der Waals surface area contributed by atoms with Gasteiger partial charge in [-0.2, -0.15) is 35.4 Å². The first-order valence-corrected chi connectivity index (χ1v) is 8.64. The Morgan fingerprint density at radius 1 is 0.464 bits per heavy atom. The van der Waals surface area contributed by atoms with Crippen molar-refractivity contribution in [2.45, 2.75) is 0 Å². The van der Waals surface area contributed by atoms with E-state index in [1.807, 2.05) is 36.4 Å². The molecule has 5 rings (SSSR count). The molecule has 0 N–H and O–H groups in total. The Balaban J connectivity index is 0.00000112. The molecule has 2 radical (unpaired) electrons. The molecule has 0 spiro atoms. The summed E-state index contributed by atoms with van der Waals surface area (Å²) in [7, 11) is 0. The molecule has 0 heterocycles. The number of fused-ring (bicyclic) bond motifs is 2. The van der Waals surface area contributed by atoms with Crippen LogP contribution in [0.25, 0.3) is 43.8 Å². The van der Waals surface area contributed by atoms with Crippen molar-refractivity contribution in [1.29, 1.82) is 0 Å². The minimum atomic E-state index is 0. The third-order valence-electron chi connectivity index (χ3n) is 4.65. The fourth-order valence-electron chi connectivity index (χ4n) is 3.34. The van der Waals surface area contributed by atoms with Crippen LogP contribution in [0.15, 0.2) is 84.9 Å². The molecule has 0 saturated carbocycles. The minimum absolute atomic E-state index is 0. The van der Waals surface area contributed by atoms with E-state index in [4.69, 9.17) is 0 Å². The molecule has 128 valence electrons. The van der Waals surface area contributed by atoms with Gasteiger partial charge in [0.05, 0.1) is 0 Å². The molecule has 0 bridgehead atoms. The Morgan fingerprint density at radius 2 is 0.893 bits per heavy atom. The van der Waals surface area contributed by atoms with Crippen LogP contribution in [0.4, 0.5) is 0 Å². The Bertz CT molecular complexity index is 1140. The van der Waals surface area contributed by atoms with Gasteiger partial charge in [-0.15, -0.1) is 35.0 Å². The van der Waals surface area contributed by atoms with E-state index in [0.717, 1.165) is 33.0 Å². The summed E-state index contributed by atoms with van der Waals surface area (Å²) >= 11 is 0. The molecule has 0 saturated heterocycles. The second-order valence-corrected chi connectivity index (χ2v) is 6.29. The number of hydrogen-bond acceptors (Lipinski definition) is 0. The van der Waals surface area contributed by atoms with Gasteiger partial charge >= 0.3 is 0 Å². The summed E-state index contributed by atoms with van der Waals surface area (Å²) in [5.41, 5.74) is 4.06. The quantitative estimate of drug-likeness (QED) is 0.240. The average molecular weight is 504 g/mol. The van der Waals surface area contributed by atoms with Crippen molar-refractivity contribution < 1.29 is 65.4 Å². The predicted molar refractivity (Wildman–Crippen MR) is 108 cm³/mol. The second kappa shape index (κ2) is 9.55. The molecule has 0 unspecified atom stereocenters. The van der Waals surface area contributed by atoms with Crippen LogP contribution in [-0.2, 0) is 65.4 Å². The van der Waals surface area contributed by atoms with E-state index in [1.165, 1.54) is 10.8 Å². The van der Waals surface area contributed by atoms with Gasteiger partial charge in [-0.05, 0) is 0 Å². The van der Waals surface area contributed by atoms with Gasteiger partial charge in [-0.1, -0.05) is 47.2 Å². The fourth-order valence-corrected chi connectivity index (χ4v) is 3.34. The zero-order chi connectivity index (χ0) is 17.3. The molecule has 0 fully saturated rings. The predicted octanol–water partition coefficient (Wildman–Crippen LogP) is 6.52. The molecule has 0 nitrogen and oxygen atoms in total. The van der Waals surface area contributed by atoms with Crippen LogP contribution in [0.1, 0.15) is 0 Å². The van der Waals surface area contributed by atoms with Gasteiger partial charge in [0.2, 0.25) is 0 Å². The molecule has 2 heteroatoms. The second-order valence-electron chi connectivity index (χ2n) is 6.29. The van der Waals surface area contributed by atoms with E-state index in [2.05, 4.69) is 72.8 Å². The Labute approximate surface area is 216 Å². The summed E-state index contributed by atoms with van der Waals surface area (Å²) in [6.45, 7) is 0. The molecule has 5 aromatic rings. The van der Waals surface area contributed by atoms with Crippen molar-refractivity contribution in [3.63, 3.8) is 0 Å². The summed E-state index contributed by atoms with van der Waals surface area (Å²) in [6.07, 6.45) is 0. The molecule has 28 heavy (non-hydrogen) atoms. The Morgan fingerprint density at radius 3 is 1.36 bits per heavy atom. The topological polar surface area (TPSA) is 0 Å². The first-order chi connectivity index (χ1) is 12.9. The molecule has 5 aromatic carbocycles. The summed E-state index contributed by atoms with van der Waals surface area (Å²) in [4.78, 5) is 0. The van der Waals surface area contributed by atoms with Gasteiger partial charge in [0.25, 0.3) is 0 Å². The Kier molecular flexibility index (Phi) is 7.35. The molecule has 0 aliphatic heterocycles. The van der Waals surface area contributed by atoms with Crippen molar-refractivity contribution >= 4 is 21.5 Å². The number of benzene rings is 5. The SMILES string of the molecule is [Y].[Y].[c-]1cc[c-]c(-c2[c-]c3ccccc3cc2)c1-c1[c-]c2ccccc2cc1. The third kappa shape index (κ3) is 4.22. The van der Waals surface area contributed by atoms with Crippen molar-refractivity contribution in [2.24, 2.45) is 0 Å². The van der Waals surface area contributed by atoms with Crippen LogP contribution >= 0.6 is 0 Å². The summed E-state index contributed by atoms with van der Waals surface area (Å²) in [6, 6.07) is 42.7. The maximum absolute atomic E-state index is 3.53. The van der Waals surface area contributed by atoms with Crippen LogP contribution in [0, 0.1) is 24.3 Å². The Hall–Kier alpha value is -1.17. The molecule has 0 aliphatic rings. The van der Waals surface area contributed by atoms with Crippen molar-refractivity contribution in [2.75, 3.05) is 0 Å². The van der Waals surface area contributed by atoms with E-state index < -0.39 is 0 Å². The van der Waals surface area contributed by atoms with Crippen LogP contribution in [0.5, 0.6) is 0 Å². The van der Waals surface area contributed by atoms with Gasteiger partial charge in [0, 0.05) is 65.4 Å². The maximum atomic E-state index is 3.53. The van der Waals surface area contributed by atoms with Crippen LogP contribution in [0.2, 0.25) is 0 Å². The summed E-state index contributed by atoms with van der Waals surface area (Å²) in [5, 5.41) is 4.59. The van der Waals surface area contributed by atoms with Crippen molar-refractivity contribution in [1.82, 2.24) is 0 Å². The smallest absolute Gasteiger partial charge is 0 e. The number of rotatable bonds is 2. The fraction of sp³-hybridized carbons (Fsp3) is 0. The normalized spacial score (nSPS) is 10.3. The molecule has 0 atom stereocenters. The summed E-state index contributed by atoms with van der Waals surface area (Å²) < 4.78 is 0. The molecule has 0 aliphatic carbocycles. The monoisotopic (exact) mass is 504 g/mol. The number of hydrogen-bond donors (Lipinski definition) is 0.